The summed E-state index contributed by atoms with van der Waals surface area (Å²) in [7, 11) is 1.35. The molecule has 0 radical (unpaired) electrons. The lowest BCUT2D eigenvalue weighted by atomic mass is 9.87. The summed E-state index contributed by atoms with van der Waals surface area (Å²) in [6, 6.07) is 7.96. The van der Waals surface area contributed by atoms with Gasteiger partial charge in [-0.05, 0) is 23.1 Å². The standard InChI is InChI=1S/C16H21NO3/c1-16(2,3)12-5-7-13(8-6-12)17-10-11(9-14(17)18)15(19)20-4/h5-8,11H,9-10H2,1-4H3. The summed E-state index contributed by atoms with van der Waals surface area (Å²) in [4.78, 5) is 25.2. The third kappa shape index (κ3) is 2.84. The van der Waals surface area contributed by atoms with Crippen LogP contribution in [0.2, 0.25) is 0 Å². The largest absolute Gasteiger partial charge is 0.469 e. The maximum Gasteiger partial charge on any atom is 0.311 e. The van der Waals surface area contributed by atoms with E-state index in [0.717, 1.165) is 5.69 Å². The molecule has 1 amide bonds. The number of ether oxygens (including phenoxy) is 1. The highest BCUT2D eigenvalue weighted by atomic mass is 16.5. The average Bonchev–Trinajstić information content (AvgIpc) is 2.79. The number of hydrogen-bond acceptors (Lipinski definition) is 3. The quantitative estimate of drug-likeness (QED) is 0.779. The van der Waals surface area contributed by atoms with E-state index in [0.29, 0.717) is 6.54 Å². The van der Waals surface area contributed by atoms with Crippen molar-refractivity contribution >= 4 is 17.6 Å². The number of esters is 1. The van der Waals surface area contributed by atoms with Crippen LogP contribution in [0.4, 0.5) is 5.69 Å². The SMILES string of the molecule is COC(=O)C1CC(=O)N(c2ccc(C(C)(C)C)cc2)C1. The van der Waals surface area contributed by atoms with Crippen LogP contribution in [0.15, 0.2) is 24.3 Å². The van der Waals surface area contributed by atoms with Gasteiger partial charge >= 0.3 is 5.97 Å². The second-order valence-electron chi connectivity index (χ2n) is 6.23. The average molecular weight is 275 g/mol. The van der Waals surface area contributed by atoms with E-state index in [1.807, 2.05) is 24.3 Å². The van der Waals surface area contributed by atoms with Gasteiger partial charge in [0.25, 0.3) is 0 Å². The molecule has 1 saturated heterocycles. The summed E-state index contributed by atoms with van der Waals surface area (Å²) < 4.78 is 4.71. The number of benzene rings is 1. The van der Waals surface area contributed by atoms with Gasteiger partial charge < -0.3 is 9.64 Å². The van der Waals surface area contributed by atoms with Crippen molar-refractivity contribution in [2.75, 3.05) is 18.6 Å². The van der Waals surface area contributed by atoms with Crippen LogP contribution in [0.25, 0.3) is 0 Å². The predicted molar refractivity (Wildman–Crippen MR) is 77.6 cm³/mol. The van der Waals surface area contributed by atoms with E-state index < -0.39 is 0 Å². The number of nitrogens with zero attached hydrogens (tertiary/aromatic N) is 1. The van der Waals surface area contributed by atoms with Gasteiger partial charge in [-0.3, -0.25) is 9.59 Å². The Morgan fingerprint density at radius 3 is 2.35 bits per heavy atom. The first-order valence-electron chi connectivity index (χ1n) is 6.81. The van der Waals surface area contributed by atoms with Crippen molar-refractivity contribution in [3.8, 4) is 0 Å². The molecule has 2 rings (SSSR count). The number of amides is 1. The highest BCUT2D eigenvalue weighted by Crippen LogP contribution is 2.29. The van der Waals surface area contributed by atoms with E-state index in [1.165, 1.54) is 12.7 Å². The van der Waals surface area contributed by atoms with Crippen LogP contribution in [0.3, 0.4) is 0 Å². The van der Waals surface area contributed by atoms with Crippen molar-refractivity contribution in [3.05, 3.63) is 29.8 Å². The lowest BCUT2D eigenvalue weighted by molar-refractivity contribution is -0.145. The Hall–Kier alpha value is -1.84. The molecule has 108 valence electrons. The van der Waals surface area contributed by atoms with Crippen LogP contribution in [0.5, 0.6) is 0 Å². The minimum Gasteiger partial charge on any atom is -0.469 e. The van der Waals surface area contributed by atoms with Crippen molar-refractivity contribution in [2.24, 2.45) is 5.92 Å². The second-order valence-corrected chi connectivity index (χ2v) is 6.23. The van der Waals surface area contributed by atoms with Gasteiger partial charge in [-0.1, -0.05) is 32.9 Å². The Labute approximate surface area is 119 Å². The Kier molecular flexibility index (Phi) is 3.84. The van der Waals surface area contributed by atoms with E-state index >= 15 is 0 Å². The fourth-order valence-corrected chi connectivity index (χ4v) is 2.42. The molecular formula is C16H21NO3. The molecule has 20 heavy (non-hydrogen) atoms. The van der Waals surface area contributed by atoms with Gasteiger partial charge in [0, 0.05) is 18.7 Å². The van der Waals surface area contributed by atoms with Crippen LogP contribution in [-0.4, -0.2) is 25.5 Å². The number of anilines is 1. The highest BCUT2D eigenvalue weighted by Gasteiger charge is 2.35. The number of carbonyl (C=O) groups is 2. The molecule has 1 aromatic carbocycles. The second kappa shape index (κ2) is 5.27. The van der Waals surface area contributed by atoms with E-state index in [9.17, 15) is 9.59 Å². The minimum absolute atomic E-state index is 0.0242. The number of carbonyl (C=O) groups excluding carboxylic acids is 2. The molecule has 0 aliphatic carbocycles. The first-order valence-corrected chi connectivity index (χ1v) is 6.81. The third-order valence-corrected chi connectivity index (χ3v) is 3.70. The zero-order valence-corrected chi connectivity index (χ0v) is 12.5. The maximum absolute atomic E-state index is 12.0. The summed E-state index contributed by atoms with van der Waals surface area (Å²) >= 11 is 0. The van der Waals surface area contributed by atoms with Gasteiger partial charge in [0.2, 0.25) is 5.91 Å². The Bertz CT molecular complexity index is 514. The van der Waals surface area contributed by atoms with Crippen LogP contribution >= 0.6 is 0 Å². The minimum atomic E-state index is -0.352. The van der Waals surface area contributed by atoms with Gasteiger partial charge in [0.15, 0.2) is 0 Å². The molecule has 1 aromatic rings. The van der Waals surface area contributed by atoms with Gasteiger partial charge in [-0.25, -0.2) is 0 Å². The smallest absolute Gasteiger partial charge is 0.311 e. The molecule has 0 saturated carbocycles. The van der Waals surface area contributed by atoms with Crippen molar-refractivity contribution < 1.29 is 14.3 Å². The predicted octanol–water partition coefficient (Wildman–Crippen LogP) is 2.51. The highest BCUT2D eigenvalue weighted by molar-refractivity contribution is 5.99. The zero-order chi connectivity index (χ0) is 14.9. The van der Waals surface area contributed by atoms with Gasteiger partial charge in [0.1, 0.15) is 0 Å². The molecule has 1 atom stereocenters. The molecule has 1 aliphatic rings. The van der Waals surface area contributed by atoms with Gasteiger partial charge in [0.05, 0.1) is 13.0 Å². The lowest BCUT2D eigenvalue weighted by Gasteiger charge is -2.21. The summed E-state index contributed by atoms with van der Waals surface area (Å²) in [6.45, 7) is 6.85. The Morgan fingerprint density at radius 2 is 1.85 bits per heavy atom. The van der Waals surface area contributed by atoms with Gasteiger partial charge in [-0.2, -0.15) is 0 Å². The third-order valence-electron chi connectivity index (χ3n) is 3.70. The zero-order valence-electron chi connectivity index (χ0n) is 12.5. The van der Waals surface area contributed by atoms with Crippen LogP contribution < -0.4 is 4.90 Å². The molecule has 0 aromatic heterocycles. The molecule has 1 fully saturated rings. The normalized spacial score (nSPS) is 19.3. The topological polar surface area (TPSA) is 46.6 Å². The van der Waals surface area contributed by atoms with Crippen molar-refractivity contribution in [2.45, 2.75) is 32.6 Å². The first-order chi connectivity index (χ1) is 9.32. The van der Waals surface area contributed by atoms with E-state index in [-0.39, 0.29) is 29.6 Å². The molecule has 0 N–H and O–H groups in total. The Balaban J connectivity index is 2.16. The summed E-state index contributed by atoms with van der Waals surface area (Å²) in [6.07, 6.45) is 0.230. The van der Waals surface area contributed by atoms with Crippen LogP contribution in [0.1, 0.15) is 32.8 Å². The van der Waals surface area contributed by atoms with Crippen LogP contribution in [0, 0.1) is 5.92 Å². The molecular weight excluding hydrogens is 254 g/mol. The van der Waals surface area contributed by atoms with Crippen molar-refractivity contribution in [1.82, 2.24) is 0 Å². The van der Waals surface area contributed by atoms with E-state index in [4.69, 9.17) is 4.74 Å². The summed E-state index contributed by atoms with van der Waals surface area (Å²) in [5, 5.41) is 0. The van der Waals surface area contributed by atoms with Crippen LogP contribution in [-0.2, 0) is 19.7 Å². The lowest BCUT2D eigenvalue weighted by Crippen LogP contribution is -2.26. The van der Waals surface area contributed by atoms with E-state index in [1.54, 1.807) is 4.90 Å². The fraction of sp³-hybridized carbons (Fsp3) is 0.500. The summed E-state index contributed by atoms with van der Waals surface area (Å²) in [5.74, 6) is -0.689. The monoisotopic (exact) mass is 275 g/mol. The molecule has 4 nitrogen and oxygen atoms in total. The van der Waals surface area contributed by atoms with Crippen molar-refractivity contribution in [3.63, 3.8) is 0 Å². The first kappa shape index (κ1) is 14.6. The summed E-state index contributed by atoms with van der Waals surface area (Å²) in [5.41, 5.74) is 2.15. The molecule has 1 heterocycles. The Morgan fingerprint density at radius 1 is 1.25 bits per heavy atom. The maximum atomic E-state index is 12.0. The molecule has 0 spiro atoms. The fourth-order valence-electron chi connectivity index (χ4n) is 2.42. The molecule has 4 heteroatoms. The number of methoxy groups -OCH3 is 1. The van der Waals surface area contributed by atoms with Crippen molar-refractivity contribution in [1.29, 1.82) is 0 Å². The molecule has 0 bridgehead atoms. The number of rotatable bonds is 2. The van der Waals surface area contributed by atoms with E-state index in [2.05, 4.69) is 20.8 Å². The number of hydrogen-bond donors (Lipinski definition) is 0. The van der Waals surface area contributed by atoms with Gasteiger partial charge in [-0.15, -0.1) is 0 Å². The molecule has 1 unspecified atom stereocenters. The molecule has 1 aliphatic heterocycles.